The van der Waals surface area contributed by atoms with E-state index in [-0.39, 0.29) is 0 Å². The molecule has 3 nitrogen and oxygen atoms in total. The van der Waals surface area contributed by atoms with Crippen LogP contribution in [-0.2, 0) is 0 Å². The van der Waals surface area contributed by atoms with Gasteiger partial charge in [-0.15, -0.1) is 0 Å². The summed E-state index contributed by atoms with van der Waals surface area (Å²) >= 11 is 0. The lowest BCUT2D eigenvalue weighted by atomic mass is 10.0. The van der Waals surface area contributed by atoms with Crippen LogP contribution in [0.2, 0.25) is 0 Å². The molecule has 0 bridgehead atoms. The lowest BCUT2D eigenvalue weighted by Gasteiger charge is -2.13. The van der Waals surface area contributed by atoms with E-state index in [1.54, 1.807) is 12.4 Å². The van der Waals surface area contributed by atoms with Crippen molar-refractivity contribution in [2.45, 2.75) is 12.8 Å². The van der Waals surface area contributed by atoms with Crippen molar-refractivity contribution in [3.8, 4) is 0 Å². The molecule has 0 N–H and O–H groups in total. The van der Waals surface area contributed by atoms with E-state index in [1.807, 2.05) is 0 Å². The summed E-state index contributed by atoms with van der Waals surface area (Å²) in [5, 5.41) is 0. The second-order valence-electron chi connectivity index (χ2n) is 3.01. The molecule has 0 aromatic carbocycles. The van der Waals surface area contributed by atoms with Gasteiger partial charge in [-0.1, -0.05) is 5.46 Å². The molecule has 1 aliphatic heterocycles. The third-order valence-electron chi connectivity index (χ3n) is 2.05. The average Bonchev–Trinajstić information content (AvgIpc) is 2.58. The normalized spacial score (nSPS) is 16.8. The second kappa shape index (κ2) is 3.13. The fourth-order valence-electron chi connectivity index (χ4n) is 1.41. The number of rotatable bonds is 1. The van der Waals surface area contributed by atoms with Crippen molar-refractivity contribution < 1.29 is 0 Å². The highest BCUT2D eigenvalue weighted by atomic mass is 15.3. The molecule has 0 atom stereocenters. The molecule has 2 heterocycles. The van der Waals surface area contributed by atoms with Crippen molar-refractivity contribution in [2.24, 2.45) is 0 Å². The maximum Gasteiger partial charge on any atom is 0.225 e. The van der Waals surface area contributed by atoms with Crippen LogP contribution in [0.25, 0.3) is 0 Å². The van der Waals surface area contributed by atoms with Crippen LogP contribution in [0.4, 0.5) is 5.95 Å². The molecule has 60 valence electrons. The first-order valence-corrected chi connectivity index (χ1v) is 4.19. The van der Waals surface area contributed by atoms with E-state index in [9.17, 15) is 0 Å². The molecular weight excluding hydrogens is 149 g/mol. The zero-order valence-corrected chi connectivity index (χ0v) is 6.90. The molecule has 1 aromatic heterocycles. The Morgan fingerprint density at radius 3 is 2.33 bits per heavy atom. The van der Waals surface area contributed by atoms with Crippen LogP contribution >= 0.6 is 0 Å². The van der Waals surface area contributed by atoms with Crippen molar-refractivity contribution in [3.05, 3.63) is 12.4 Å². The Hall–Kier alpha value is -1.06. The summed E-state index contributed by atoms with van der Waals surface area (Å²) < 4.78 is 0. The quantitative estimate of drug-likeness (QED) is 0.534. The van der Waals surface area contributed by atoms with E-state index in [2.05, 4.69) is 14.9 Å². The number of aromatic nitrogens is 2. The summed E-state index contributed by atoms with van der Waals surface area (Å²) in [6.07, 6.45) is 5.79. The number of anilines is 1. The van der Waals surface area contributed by atoms with E-state index in [4.69, 9.17) is 7.85 Å². The summed E-state index contributed by atoms with van der Waals surface area (Å²) in [4.78, 5) is 10.5. The molecule has 0 spiro atoms. The van der Waals surface area contributed by atoms with E-state index in [0.717, 1.165) is 19.0 Å². The maximum atomic E-state index is 5.48. The van der Waals surface area contributed by atoms with Gasteiger partial charge in [-0.2, -0.15) is 0 Å². The van der Waals surface area contributed by atoms with Gasteiger partial charge in [0.2, 0.25) is 5.95 Å². The lowest BCUT2D eigenvalue weighted by molar-refractivity contribution is 0.901. The summed E-state index contributed by atoms with van der Waals surface area (Å²) in [5.74, 6) is 0.807. The predicted octanol–water partition coefficient (Wildman–Crippen LogP) is -0.129. The summed E-state index contributed by atoms with van der Waals surface area (Å²) in [6, 6.07) is 0. The van der Waals surface area contributed by atoms with Gasteiger partial charge >= 0.3 is 0 Å². The summed E-state index contributed by atoms with van der Waals surface area (Å²) in [7, 11) is 5.48. The molecule has 1 fully saturated rings. The van der Waals surface area contributed by atoms with Gasteiger partial charge in [-0.25, -0.2) is 9.97 Å². The highest BCUT2D eigenvalue weighted by molar-refractivity contribution is 6.31. The minimum Gasteiger partial charge on any atom is -0.341 e. The van der Waals surface area contributed by atoms with Crippen LogP contribution in [0, 0.1) is 0 Å². The molecule has 1 aromatic rings. The third kappa shape index (κ3) is 1.42. The Morgan fingerprint density at radius 2 is 1.75 bits per heavy atom. The fraction of sp³-hybridized carbons (Fsp3) is 0.500. The highest BCUT2D eigenvalue weighted by Crippen LogP contribution is 2.13. The number of nitrogens with zero attached hydrogens (tertiary/aromatic N) is 3. The molecule has 0 unspecified atom stereocenters. The van der Waals surface area contributed by atoms with E-state index < -0.39 is 0 Å². The van der Waals surface area contributed by atoms with Gasteiger partial charge in [0, 0.05) is 25.5 Å². The van der Waals surface area contributed by atoms with Crippen molar-refractivity contribution in [1.82, 2.24) is 9.97 Å². The molecule has 2 radical (unpaired) electrons. The van der Waals surface area contributed by atoms with Crippen LogP contribution < -0.4 is 10.4 Å². The molecule has 0 saturated carbocycles. The van der Waals surface area contributed by atoms with Gasteiger partial charge in [0.05, 0.1) is 0 Å². The standard InChI is InChI=1S/C8H10BN3/c9-7-5-10-8(11-6-7)12-3-1-2-4-12/h5-6H,1-4H2. The summed E-state index contributed by atoms with van der Waals surface area (Å²) in [5.41, 5.74) is 0.623. The molecule has 12 heavy (non-hydrogen) atoms. The molecular formula is C8H10BN3. The van der Waals surface area contributed by atoms with Gasteiger partial charge in [0.15, 0.2) is 0 Å². The molecule has 1 saturated heterocycles. The van der Waals surface area contributed by atoms with E-state index >= 15 is 0 Å². The van der Waals surface area contributed by atoms with E-state index in [0.29, 0.717) is 5.46 Å². The van der Waals surface area contributed by atoms with Crippen molar-refractivity contribution in [2.75, 3.05) is 18.0 Å². The van der Waals surface area contributed by atoms with Crippen molar-refractivity contribution in [3.63, 3.8) is 0 Å². The molecule has 1 aliphatic rings. The minimum atomic E-state index is 0.623. The van der Waals surface area contributed by atoms with Gasteiger partial charge in [-0.05, 0) is 12.8 Å². The van der Waals surface area contributed by atoms with Gasteiger partial charge < -0.3 is 4.90 Å². The SMILES string of the molecule is [B]c1cnc(N2CCCC2)nc1. The molecule has 2 rings (SSSR count). The van der Waals surface area contributed by atoms with Gasteiger partial charge in [0.1, 0.15) is 7.85 Å². The zero-order chi connectivity index (χ0) is 8.39. The number of hydrogen-bond acceptors (Lipinski definition) is 3. The zero-order valence-electron chi connectivity index (χ0n) is 6.90. The average molecular weight is 159 g/mol. The first-order valence-electron chi connectivity index (χ1n) is 4.19. The topological polar surface area (TPSA) is 29.0 Å². The third-order valence-corrected chi connectivity index (χ3v) is 2.05. The Balaban J connectivity index is 2.17. The highest BCUT2D eigenvalue weighted by Gasteiger charge is 2.13. The van der Waals surface area contributed by atoms with Crippen LogP contribution in [0.15, 0.2) is 12.4 Å². The largest absolute Gasteiger partial charge is 0.341 e. The summed E-state index contributed by atoms with van der Waals surface area (Å²) in [6.45, 7) is 2.15. The Bertz CT molecular complexity index is 254. The molecule has 4 heteroatoms. The Labute approximate surface area is 73.2 Å². The maximum absolute atomic E-state index is 5.48. The molecule has 0 aliphatic carbocycles. The second-order valence-corrected chi connectivity index (χ2v) is 3.01. The minimum absolute atomic E-state index is 0.623. The van der Waals surface area contributed by atoms with Crippen LogP contribution in [-0.4, -0.2) is 30.9 Å². The Kier molecular flexibility index (Phi) is 1.98. The monoisotopic (exact) mass is 159 g/mol. The predicted molar refractivity (Wildman–Crippen MR) is 48.9 cm³/mol. The number of hydrogen-bond donors (Lipinski definition) is 0. The smallest absolute Gasteiger partial charge is 0.225 e. The van der Waals surface area contributed by atoms with Crippen LogP contribution in [0.1, 0.15) is 12.8 Å². The lowest BCUT2D eigenvalue weighted by Crippen LogP contribution is -2.21. The van der Waals surface area contributed by atoms with E-state index in [1.165, 1.54) is 12.8 Å². The van der Waals surface area contributed by atoms with Crippen LogP contribution in [0.5, 0.6) is 0 Å². The Morgan fingerprint density at radius 1 is 1.17 bits per heavy atom. The van der Waals surface area contributed by atoms with Gasteiger partial charge in [0.25, 0.3) is 0 Å². The van der Waals surface area contributed by atoms with Crippen molar-refractivity contribution in [1.29, 1.82) is 0 Å². The van der Waals surface area contributed by atoms with Gasteiger partial charge in [-0.3, -0.25) is 0 Å². The first-order chi connectivity index (χ1) is 5.86. The first kappa shape index (κ1) is 7.59. The molecule has 0 amide bonds. The fourth-order valence-corrected chi connectivity index (χ4v) is 1.41. The van der Waals surface area contributed by atoms with Crippen LogP contribution in [0.3, 0.4) is 0 Å². The van der Waals surface area contributed by atoms with Crippen molar-refractivity contribution >= 4 is 19.3 Å².